The molecule has 1 N–H and O–H groups in total. The second-order valence-corrected chi connectivity index (χ2v) is 9.15. The third-order valence-electron chi connectivity index (χ3n) is 4.00. The number of halogens is 2. The van der Waals surface area contributed by atoms with Gasteiger partial charge in [-0.05, 0) is 42.5 Å². The van der Waals surface area contributed by atoms with E-state index in [9.17, 15) is 17.6 Å². The summed E-state index contributed by atoms with van der Waals surface area (Å²) in [7, 11) is -3.85. The minimum absolute atomic E-state index is 0.0505. The van der Waals surface area contributed by atoms with Crippen molar-refractivity contribution >= 4 is 43.2 Å². The minimum atomic E-state index is -3.85. The Morgan fingerprint density at radius 2 is 1.73 bits per heavy atom. The van der Waals surface area contributed by atoms with E-state index in [1.165, 1.54) is 18.2 Å². The van der Waals surface area contributed by atoms with Crippen molar-refractivity contribution in [2.24, 2.45) is 0 Å². The molecular weight excluding hydrogens is 475 g/mol. The van der Waals surface area contributed by atoms with Crippen molar-refractivity contribution in [2.75, 3.05) is 22.4 Å². The molecule has 0 saturated carbocycles. The summed E-state index contributed by atoms with van der Waals surface area (Å²) >= 11 is 3.14. The van der Waals surface area contributed by atoms with Gasteiger partial charge in [-0.15, -0.1) is 0 Å². The monoisotopic (exact) mass is 492 g/mol. The molecule has 0 aromatic heterocycles. The number of benzene rings is 3. The zero-order chi connectivity index (χ0) is 21.7. The van der Waals surface area contributed by atoms with E-state index in [2.05, 4.69) is 21.2 Å². The Balaban J connectivity index is 1.88. The van der Waals surface area contributed by atoms with Gasteiger partial charge in [-0.1, -0.05) is 46.3 Å². The van der Waals surface area contributed by atoms with Crippen LogP contribution >= 0.6 is 15.9 Å². The van der Waals surface area contributed by atoms with Gasteiger partial charge < -0.3 is 10.1 Å². The van der Waals surface area contributed by atoms with Gasteiger partial charge in [0.1, 0.15) is 18.1 Å². The van der Waals surface area contributed by atoms with Crippen LogP contribution in [0.2, 0.25) is 0 Å². The standard InChI is InChI=1S/C21H18BrFN2O4S/c1-30(27,28)25(14-21(26)24-18-12-11-15(22)13-17(18)23)19-9-5-6-10-20(19)29-16-7-3-2-4-8-16/h2-13H,14H2,1H3,(H,24,26). The number of sulfonamides is 1. The second kappa shape index (κ2) is 9.27. The Kier molecular flexibility index (Phi) is 6.73. The lowest BCUT2D eigenvalue weighted by Crippen LogP contribution is -2.37. The van der Waals surface area contributed by atoms with Crippen molar-refractivity contribution in [3.63, 3.8) is 0 Å². The summed E-state index contributed by atoms with van der Waals surface area (Å²) in [6.45, 7) is -0.552. The number of rotatable bonds is 7. The van der Waals surface area contributed by atoms with Crippen LogP contribution in [0.3, 0.4) is 0 Å². The Hall–Kier alpha value is -2.91. The van der Waals surface area contributed by atoms with Crippen molar-refractivity contribution in [2.45, 2.75) is 0 Å². The van der Waals surface area contributed by atoms with E-state index < -0.39 is 28.3 Å². The fourth-order valence-corrected chi connectivity index (χ4v) is 3.85. The molecule has 0 heterocycles. The number of para-hydroxylation sites is 3. The molecule has 9 heteroatoms. The average molecular weight is 493 g/mol. The first kappa shape index (κ1) is 21.8. The molecule has 0 atom stereocenters. The molecule has 0 fully saturated rings. The fourth-order valence-electron chi connectivity index (χ4n) is 2.66. The molecule has 1 amide bonds. The highest BCUT2D eigenvalue weighted by atomic mass is 79.9. The topological polar surface area (TPSA) is 75.7 Å². The Morgan fingerprint density at radius 3 is 2.40 bits per heavy atom. The second-order valence-electron chi connectivity index (χ2n) is 6.32. The quantitative estimate of drug-likeness (QED) is 0.514. The molecule has 0 aliphatic rings. The molecule has 0 aliphatic heterocycles. The van der Waals surface area contributed by atoms with Gasteiger partial charge in [0.2, 0.25) is 15.9 Å². The van der Waals surface area contributed by atoms with Crippen molar-refractivity contribution in [3.05, 3.63) is 83.1 Å². The van der Waals surface area contributed by atoms with Crippen LogP contribution in [0, 0.1) is 5.82 Å². The van der Waals surface area contributed by atoms with Gasteiger partial charge in [0.25, 0.3) is 0 Å². The van der Waals surface area contributed by atoms with Crippen LogP contribution in [0.15, 0.2) is 77.3 Å². The Labute approximate surface area is 182 Å². The lowest BCUT2D eigenvalue weighted by Gasteiger charge is -2.24. The largest absolute Gasteiger partial charge is 0.455 e. The first-order valence-corrected chi connectivity index (χ1v) is 11.4. The molecule has 156 valence electrons. The Morgan fingerprint density at radius 1 is 1.07 bits per heavy atom. The van der Waals surface area contributed by atoms with Gasteiger partial charge in [0.15, 0.2) is 5.75 Å². The summed E-state index contributed by atoms with van der Waals surface area (Å²) in [4.78, 5) is 12.5. The van der Waals surface area contributed by atoms with Crippen molar-refractivity contribution < 1.29 is 22.3 Å². The maximum absolute atomic E-state index is 14.0. The van der Waals surface area contributed by atoms with Crippen LogP contribution in [0.25, 0.3) is 0 Å². The highest BCUT2D eigenvalue weighted by molar-refractivity contribution is 9.10. The predicted octanol–water partition coefficient (Wildman–Crippen LogP) is 4.79. The summed E-state index contributed by atoms with van der Waals surface area (Å²) in [6, 6.07) is 19.5. The van der Waals surface area contributed by atoms with E-state index in [-0.39, 0.29) is 17.1 Å². The molecule has 3 rings (SSSR count). The van der Waals surface area contributed by atoms with E-state index in [0.29, 0.717) is 10.2 Å². The van der Waals surface area contributed by atoms with Crippen molar-refractivity contribution in [1.82, 2.24) is 0 Å². The van der Waals surface area contributed by atoms with E-state index in [1.54, 1.807) is 48.5 Å². The van der Waals surface area contributed by atoms with Gasteiger partial charge in [-0.3, -0.25) is 9.10 Å². The van der Waals surface area contributed by atoms with Crippen molar-refractivity contribution in [1.29, 1.82) is 0 Å². The molecule has 0 aliphatic carbocycles. The van der Waals surface area contributed by atoms with Crippen LogP contribution in [-0.4, -0.2) is 27.1 Å². The molecule has 6 nitrogen and oxygen atoms in total. The number of hydrogen-bond acceptors (Lipinski definition) is 4. The predicted molar refractivity (Wildman–Crippen MR) is 118 cm³/mol. The molecule has 0 bridgehead atoms. The van der Waals surface area contributed by atoms with Gasteiger partial charge in [0, 0.05) is 4.47 Å². The van der Waals surface area contributed by atoms with Crippen LogP contribution in [0.5, 0.6) is 11.5 Å². The summed E-state index contributed by atoms with van der Waals surface area (Å²) in [5, 5.41) is 2.40. The maximum atomic E-state index is 14.0. The van der Waals surface area contributed by atoms with Crippen LogP contribution < -0.4 is 14.4 Å². The maximum Gasteiger partial charge on any atom is 0.245 e. The first-order valence-electron chi connectivity index (χ1n) is 8.78. The number of hydrogen-bond donors (Lipinski definition) is 1. The minimum Gasteiger partial charge on any atom is -0.455 e. The lowest BCUT2D eigenvalue weighted by molar-refractivity contribution is -0.114. The summed E-state index contributed by atoms with van der Waals surface area (Å²) < 4.78 is 46.2. The van der Waals surface area contributed by atoms with Gasteiger partial charge in [-0.25, -0.2) is 12.8 Å². The van der Waals surface area contributed by atoms with E-state index in [0.717, 1.165) is 10.6 Å². The van der Waals surface area contributed by atoms with Crippen LogP contribution in [-0.2, 0) is 14.8 Å². The molecule has 0 saturated heterocycles. The van der Waals surface area contributed by atoms with Gasteiger partial charge >= 0.3 is 0 Å². The number of amides is 1. The van der Waals surface area contributed by atoms with Crippen molar-refractivity contribution in [3.8, 4) is 11.5 Å². The molecular formula is C21H18BrFN2O4S. The summed E-state index contributed by atoms with van der Waals surface area (Å²) in [6.07, 6.45) is 0.986. The smallest absolute Gasteiger partial charge is 0.245 e. The zero-order valence-electron chi connectivity index (χ0n) is 15.9. The number of carbonyl (C=O) groups is 1. The Bertz CT molecular complexity index is 1160. The summed E-state index contributed by atoms with van der Waals surface area (Å²) in [5.74, 6) is -0.566. The highest BCUT2D eigenvalue weighted by Gasteiger charge is 2.24. The molecule has 0 unspecified atom stereocenters. The third kappa shape index (κ3) is 5.58. The van der Waals surface area contributed by atoms with Crippen LogP contribution in [0.1, 0.15) is 0 Å². The van der Waals surface area contributed by atoms with Gasteiger partial charge in [-0.2, -0.15) is 0 Å². The molecule has 0 radical (unpaired) electrons. The number of nitrogens with zero attached hydrogens (tertiary/aromatic N) is 1. The summed E-state index contributed by atoms with van der Waals surface area (Å²) in [5.41, 5.74) is 0.140. The highest BCUT2D eigenvalue weighted by Crippen LogP contribution is 2.33. The first-order chi connectivity index (χ1) is 14.2. The number of carbonyl (C=O) groups excluding carboxylic acids is 1. The number of ether oxygens (including phenoxy) is 1. The van der Waals surface area contributed by atoms with Crippen LogP contribution in [0.4, 0.5) is 15.8 Å². The average Bonchev–Trinajstić information content (AvgIpc) is 2.69. The molecule has 30 heavy (non-hydrogen) atoms. The normalized spacial score (nSPS) is 11.0. The van der Waals surface area contributed by atoms with E-state index in [1.807, 2.05) is 6.07 Å². The fraction of sp³-hybridized carbons (Fsp3) is 0.0952. The lowest BCUT2D eigenvalue weighted by atomic mass is 10.2. The number of anilines is 2. The third-order valence-corrected chi connectivity index (χ3v) is 5.62. The molecule has 0 spiro atoms. The molecule has 3 aromatic carbocycles. The van der Waals surface area contributed by atoms with E-state index >= 15 is 0 Å². The SMILES string of the molecule is CS(=O)(=O)N(CC(=O)Nc1ccc(Br)cc1F)c1ccccc1Oc1ccccc1. The molecule has 3 aromatic rings. The van der Waals surface area contributed by atoms with Gasteiger partial charge in [0.05, 0.1) is 17.6 Å². The zero-order valence-corrected chi connectivity index (χ0v) is 18.3. The van der Waals surface area contributed by atoms with E-state index in [4.69, 9.17) is 4.74 Å². The number of nitrogens with one attached hydrogen (secondary N) is 1.